The highest BCUT2D eigenvalue weighted by atomic mass is 17.1. The van der Waals surface area contributed by atoms with Crippen molar-refractivity contribution in [1.29, 1.82) is 0 Å². The van der Waals surface area contributed by atoms with Gasteiger partial charge in [0.1, 0.15) is 0 Å². The van der Waals surface area contributed by atoms with E-state index < -0.39 is 17.9 Å². The lowest BCUT2D eigenvalue weighted by Gasteiger charge is -2.09. The van der Waals surface area contributed by atoms with Gasteiger partial charge in [-0.25, -0.2) is 9.68 Å². The Kier molecular flexibility index (Phi) is 4.38. The molecule has 84 valence electrons. The molecule has 0 spiro atoms. The number of carbonyl (C=O) groups is 2. The highest BCUT2D eigenvalue weighted by Crippen LogP contribution is 2.07. The van der Waals surface area contributed by atoms with Crippen LogP contribution in [-0.4, -0.2) is 23.1 Å². The summed E-state index contributed by atoms with van der Waals surface area (Å²) in [5.74, 6) is -1.71. The molecule has 1 unspecified atom stereocenters. The summed E-state index contributed by atoms with van der Waals surface area (Å²) in [5, 5.41) is 8.50. The fourth-order valence-corrected chi connectivity index (χ4v) is 1.10. The van der Waals surface area contributed by atoms with E-state index >= 15 is 0 Å². The van der Waals surface area contributed by atoms with Crippen molar-refractivity contribution in [3.05, 3.63) is 48.7 Å². The molecule has 0 saturated heterocycles. The van der Waals surface area contributed by atoms with Crippen molar-refractivity contribution in [2.24, 2.45) is 0 Å². The molecule has 0 heterocycles. The third-order valence-electron chi connectivity index (χ3n) is 1.82. The summed E-state index contributed by atoms with van der Waals surface area (Å²) < 4.78 is 4.36. The van der Waals surface area contributed by atoms with Gasteiger partial charge in [-0.1, -0.05) is 36.9 Å². The molecule has 0 aliphatic rings. The van der Waals surface area contributed by atoms with Crippen molar-refractivity contribution in [2.45, 2.75) is 6.10 Å². The molecule has 1 rings (SSSR count). The van der Waals surface area contributed by atoms with Crippen LogP contribution in [0.25, 0.3) is 0 Å². The van der Waals surface area contributed by atoms with E-state index in [-0.39, 0.29) is 5.56 Å². The molecular weight excluding hydrogens is 212 g/mol. The van der Waals surface area contributed by atoms with Gasteiger partial charge in [-0.15, -0.1) is 0 Å². The quantitative estimate of drug-likeness (QED) is 0.204. The minimum atomic E-state index is -1.69. The van der Waals surface area contributed by atoms with Crippen LogP contribution < -0.4 is 0 Å². The van der Waals surface area contributed by atoms with Crippen LogP contribution in [0, 0.1) is 0 Å². The Labute approximate surface area is 91.8 Å². The van der Waals surface area contributed by atoms with Crippen LogP contribution in [0.1, 0.15) is 10.4 Å². The second-order valence-electron chi connectivity index (χ2n) is 2.82. The molecule has 1 atom stereocenters. The van der Waals surface area contributed by atoms with Crippen molar-refractivity contribution in [3.63, 3.8) is 0 Å². The molecule has 0 radical (unpaired) electrons. The molecule has 0 aliphatic heterocycles. The lowest BCUT2D eigenvalue weighted by Crippen LogP contribution is -2.33. The summed E-state index contributed by atoms with van der Waals surface area (Å²) in [6, 6.07) is 7.96. The molecule has 0 fully saturated rings. The Balaban J connectivity index is 2.86. The SMILES string of the molecule is C=COC(=O)C(OO)C(=O)c1ccccc1. The number of Topliss-reactive ketones (excluding diaryl/α,β-unsaturated/α-hetero) is 1. The monoisotopic (exact) mass is 222 g/mol. The molecule has 0 bridgehead atoms. The van der Waals surface area contributed by atoms with Crippen LogP contribution in [-0.2, 0) is 14.4 Å². The van der Waals surface area contributed by atoms with Crippen LogP contribution in [0.4, 0.5) is 0 Å². The van der Waals surface area contributed by atoms with E-state index in [0.29, 0.717) is 0 Å². The fraction of sp³-hybridized carbons (Fsp3) is 0.0909. The average molecular weight is 222 g/mol. The first-order valence-corrected chi connectivity index (χ1v) is 4.41. The molecule has 16 heavy (non-hydrogen) atoms. The zero-order valence-electron chi connectivity index (χ0n) is 8.33. The normalized spacial score (nSPS) is 11.6. The van der Waals surface area contributed by atoms with Gasteiger partial charge in [0, 0.05) is 5.56 Å². The van der Waals surface area contributed by atoms with E-state index in [1.165, 1.54) is 12.1 Å². The van der Waals surface area contributed by atoms with Gasteiger partial charge in [0.05, 0.1) is 6.26 Å². The predicted octanol–water partition coefficient (Wildman–Crippen LogP) is 1.41. The third-order valence-corrected chi connectivity index (χ3v) is 1.82. The third kappa shape index (κ3) is 2.75. The van der Waals surface area contributed by atoms with E-state index in [4.69, 9.17) is 5.26 Å². The van der Waals surface area contributed by atoms with E-state index in [1.807, 2.05) is 0 Å². The number of carbonyl (C=O) groups excluding carboxylic acids is 2. The van der Waals surface area contributed by atoms with Gasteiger partial charge in [-0.3, -0.25) is 10.1 Å². The number of hydrogen-bond acceptors (Lipinski definition) is 5. The predicted molar refractivity (Wildman–Crippen MR) is 54.6 cm³/mol. The molecule has 0 aromatic heterocycles. The van der Waals surface area contributed by atoms with Gasteiger partial charge < -0.3 is 4.74 Å². The number of ether oxygens (including phenoxy) is 1. The van der Waals surface area contributed by atoms with E-state index in [1.54, 1.807) is 18.2 Å². The Morgan fingerprint density at radius 3 is 2.44 bits per heavy atom. The lowest BCUT2D eigenvalue weighted by molar-refractivity contribution is -0.263. The Morgan fingerprint density at radius 2 is 1.94 bits per heavy atom. The van der Waals surface area contributed by atoms with Crippen molar-refractivity contribution >= 4 is 11.8 Å². The topological polar surface area (TPSA) is 72.8 Å². The molecule has 1 aromatic rings. The molecular formula is C11H10O5. The zero-order valence-corrected chi connectivity index (χ0v) is 8.33. The van der Waals surface area contributed by atoms with Crippen molar-refractivity contribution in [2.75, 3.05) is 0 Å². The summed E-state index contributed by atoms with van der Waals surface area (Å²) in [5.41, 5.74) is 0.238. The number of esters is 1. The largest absolute Gasteiger partial charge is 0.433 e. The van der Waals surface area contributed by atoms with Crippen LogP contribution in [0.3, 0.4) is 0 Å². The van der Waals surface area contributed by atoms with Gasteiger partial charge in [0.15, 0.2) is 0 Å². The maximum absolute atomic E-state index is 11.7. The number of rotatable bonds is 5. The average Bonchev–Trinajstić information content (AvgIpc) is 2.31. The van der Waals surface area contributed by atoms with E-state index in [2.05, 4.69) is 16.2 Å². The van der Waals surface area contributed by atoms with Crippen LogP contribution in [0.15, 0.2) is 43.2 Å². The second-order valence-corrected chi connectivity index (χ2v) is 2.82. The number of ketones is 1. The molecule has 0 saturated carbocycles. The fourth-order valence-electron chi connectivity index (χ4n) is 1.10. The molecule has 1 N–H and O–H groups in total. The Morgan fingerprint density at radius 1 is 1.31 bits per heavy atom. The Bertz CT molecular complexity index is 385. The first-order valence-electron chi connectivity index (χ1n) is 4.41. The molecule has 1 aromatic carbocycles. The summed E-state index contributed by atoms with van der Waals surface area (Å²) in [7, 11) is 0. The molecule has 5 nitrogen and oxygen atoms in total. The van der Waals surface area contributed by atoms with Gasteiger partial charge in [0.25, 0.3) is 6.10 Å². The zero-order chi connectivity index (χ0) is 12.0. The summed E-state index contributed by atoms with van der Waals surface area (Å²) in [6.45, 7) is 3.16. The first-order chi connectivity index (χ1) is 7.70. The summed E-state index contributed by atoms with van der Waals surface area (Å²) in [6.07, 6.45) is -0.840. The summed E-state index contributed by atoms with van der Waals surface area (Å²) >= 11 is 0. The van der Waals surface area contributed by atoms with Gasteiger partial charge in [0.2, 0.25) is 5.78 Å². The van der Waals surface area contributed by atoms with Crippen LogP contribution in [0.2, 0.25) is 0 Å². The van der Waals surface area contributed by atoms with Gasteiger partial charge in [-0.05, 0) is 0 Å². The van der Waals surface area contributed by atoms with Crippen molar-refractivity contribution in [3.8, 4) is 0 Å². The van der Waals surface area contributed by atoms with Crippen LogP contribution >= 0.6 is 0 Å². The summed E-state index contributed by atoms with van der Waals surface area (Å²) in [4.78, 5) is 26.7. The highest BCUT2D eigenvalue weighted by Gasteiger charge is 2.30. The van der Waals surface area contributed by atoms with Crippen molar-refractivity contribution < 1.29 is 24.5 Å². The minimum Gasteiger partial charge on any atom is -0.433 e. The van der Waals surface area contributed by atoms with E-state index in [9.17, 15) is 9.59 Å². The molecule has 0 amide bonds. The van der Waals surface area contributed by atoms with Crippen LogP contribution in [0.5, 0.6) is 0 Å². The van der Waals surface area contributed by atoms with Crippen molar-refractivity contribution in [1.82, 2.24) is 0 Å². The maximum atomic E-state index is 11.7. The van der Waals surface area contributed by atoms with Gasteiger partial charge in [-0.2, -0.15) is 0 Å². The first kappa shape index (κ1) is 12.1. The smallest absolute Gasteiger partial charge is 0.351 e. The highest BCUT2D eigenvalue weighted by molar-refractivity contribution is 6.11. The maximum Gasteiger partial charge on any atom is 0.351 e. The second kappa shape index (κ2) is 5.79. The minimum absolute atomic E-state index is 0.238. The molecule has 5 heteroatoms. The standard InChI is InChI=1S/C11H10O5/c1-2-15-11(13)10(16-14)9(12)8-6-4-3-5-7-8/h2-7,10,14H,1H2. The molecule has 0 aliphatic carbocycles. The van der Waals surface area contributed by atoms with E-state index in [0.717, 1.165) is 6.26 Å². The number of benzene rings is 1. The lowest BCUT2D eigenvalue weighted by atomic mass is 10.1. The Hall–Kier alpha value is -1.98. The number of hydrogen-bond donors (Lipinski definition) is 1. The van der Waals surface area contributed by atoms with Gasteiger partial charge >= 0.3 is 5.97 Å².